The molecule has 0 aromatic heterocycles. The summed E-state index contributed by atoms with van der Waals surface area (Å²) in [6.07, 6.45) is 3.49. The Labute approximate surface area is 106 Å². The lowest BCUT2D eigenvalue weighted by atomic mass is 10.3. The highest BCUT2D eigenvalue weighted by Crippen LogP contribution is 1.97. The van der Waals surface area contributed by atoms with Gasteiger partial charge in [0.2, 0.25) is 0 Å². The molecule has 0 aliphatic rings. The van der Waals surface area contributed by atoms with Gasteiger partial charge in [-0.2, -0.15) is 25.3 Å². The molecule has 0 aliphatic heterocycles. The molecule has 0 aliphatic carbocycles. The first-order valence-electron chi connectivity index (χ1n) is 5.90. The molecule has 0 spiro atoms. The van der Waals surface area contributed by atoms with Gasteiger partial charge in [0.15, 0.2) is 0 Å². The van der Waals surface area contributed by atoms with Crippen LogP contribution >= 0.6 is 25.3 Å². The fourth-order valence-corrected chi connectivity index (χ4v) is 1.47. The van der Waals surface area contributed by atoms with Crippen molar-refractivity contribution in [3.05, 3.63) is 0 Å². The largest absolute Gasteiger partial charge is 0.317 e. The Morgan fingerprint density at radius 3 is 1.53 bits per heavy atom. The molecule has 0 fully saturated rings. The van der Waals surface area contributed by atoms with E-state index in [1.54, 1.807) is 0 Å². The molecule has 2 N–H and O–H groups in total. The van der Waals surface area contributed by atoms with Gasteiger partial charge in [-0.15, -0.1) is 0 Å². The predicted octanol–water partition coefficient (Wildman–Crippen LogP) is 1.97. The Morgan fingerprint density at radius 2 is 1.20 bits per heavy atom. The molecule has 0 radical (unpaired) electrons. The van der Waals surface area contributed by atoms with Crippen molar-refractivity contribution in [2.24, 2.45) is 0 Å². The molecule has 0 amide bonds. The molecule has 0 saturated heterocycles. The summed E-state index contributed by atoms with van der Waals surface area (Å²) in [6, 6.07) is 0. The second-order valence-electron chi connectivity index (χ2n) is 4.13. The number of hydrogen-bond donors (Lipinski definition) is 4. The van der Waals surface area contributed by atoms with Crippen molar-refractivity contribution < 1.29 is 0 Å². The fraction of sp³-hybridized carbons (Fsp3) is 1.00. The average molecular weight is 250 g/mol. The van der Waals surface area contributed by atoms with Crippen molar-refractivity contribution in [2.45, 2.75) is 43.6 Å². The van der Waals surface area contributed by atoms with Crippen molar-refractivity contribution >= 4 is 25.3 Å². The van der Waals surface area contributed by atoms with Gasteiger partial charge in [-0.25, -0.2) is 0 Å². The van der Waals surface area contributed by atoms with Crippen LogP contribution in [0.1, 0.15) is 33.1 Å². The van der Waals surface area contributed by atoms with Gasteiger partial charge in [-0.05, 0) is 45.4 Å². The van der Waals surface area contributed by atoms with Crippen LogP contribution in [-0.2, 0) is 0 Å². The van der Waals surface area contributed by atoms with E-state index in [0.717, 1.165) is 39.0 Å². The molecule has 0 saturated carbocycles. The first-order valence-corrected chi connectivity index (χ1v) is 6.93. The molecule has 0 rings (SSSR count). The summed E-state index contributed by atoms with van der Waals surface area (Å²) in [5.74, 6) is 0. The van der Waals surface area contributed by atoms with E-state index in [4.69, 9.17) is 0 Å². The first kappa shape index (κ1) is 15.6. The minimum atomic E-state index is 0.507. The molecule has 2 atom stereocenters. The highest BCUT2D eigenvalue weighted by atomic mass is 32.1. The third kappa shape index (κ3) is 14.6. The molecule has 2 nitrogen and oxygen atoms in total. The minimum absolute atomic E-state index is 0.507. The SMILES string of the molecule is CC(S)CCNCCCNCCC(C)S. The van der Waals surface area contributed by atoms with Crippen LogP contribution in [0.3, 0.4) is 0 Å². The number of hydrogen-bond acceptors (Lipinski definition) is 4. The Morgan fingerprint density at radius 1 is 0.800 bits per heavy atom. The summed E-state index contributed by atoms with van der Waals surface area (Å²) in [6.45, 7) is 8.63. The summed E-state index contributed by atoms with van der Waals surface area (Å²) in [5.41, 5.74) is 0. The summed E-state index contributed by atoms with van der Waals surface area (Å²) in [5, 5.41) is 7.84. The lowest BCUT2D eigenvalue weighted by molar-refractivity contribution is 0.576. The monoisotopic (exact) mass is 250 g/mol. The van der Waals surface area contributed by atoms with Gasteiger partial charge in [-0.1, -0.05) is 13.8 Å². The van der Waals surface area contributed by atoms with E-state index < -0.39 is 0 Å². The molecule has 0 heterocycles. The normalized spacial score (nSPS) is 15.2. The second kappa shape index (κ2) is 11.1. The lowest BCUT2D eigenvalue weighted by Crippen LogP contribution is -2.24. The van der Waals surface area contributed by atoms with Gasteiger partial charge in [0, 0.05) is 10.5 Å². The van der Waals surface area contributed by atoms with Crippen molar-refractivity contribution in [3.8, 4) is 0 Å². The van der Waals surface area contributed by atoms with Crippen molar-refractivity contribution in [3.63, 3.8) is 0 Å². The third-order valence-electron chi connectivity index (χ3n) is 2.18. The topological polar surface area (TPSA) is 24.1 Å². The molecule has 0 bridgehead atoms. The highest BCUT2D eigenvalue weighted by molar-refractivity contribution is 7.81. The molecule has 15 heavy (non-hydrogen) atoms. The summed E-state index contributed by atoms with van der Waals surface area (Å²) >= 11 is 8.66. The maximum absolute atomic E-state index is 4.33. The van der Waals surface area contributed by atoms with Crippen LogP contribution < -0.4 is 10.6 Å². The zero-order valence-corrected chi connectivity index (χ0v) is 11.8. The minimum Gasteiger partial charge on any atom is -0.317 e. The van der Waals surface area contributed by atoms with Crippen LogP contribution in [0, 0.1) is 0 Å². The number of nitrogens with one attached hydrogen (secondary N) is 2. The Balaban J connectivity index is 2.93. The average Bonchev–Trinajstić information content (AvgIpc) is 2.14. The molecule has 0 aromatic rings. The summed E-state index contributed by atoms with van der Waals surface area (Å²) in [7, 11) is 0. The number of rotatable bonds is 10. The maximum atomic E-state index is 4.33. The summed E-state index contributed by atoms with van der Waals surface area (Å²) in [4.78, 5) is 0. The maximum Gasteiger partial charge on any atom is 0.0000480 e. The van der Waals surface area contributed by atoms with E-state index in [2.05, 4.69) is 49.7 Å². The van der Waals surface area contributed by atoms with Gasteiger partial charge in [0.25, 0.3) is 0 Å². The van der Waals surface area contributed by atoms with Crippen molar-refractivity contribution in [1.29, 1.82) is 0 Å². The second-order valence-corrected chi connectivity index (χ2v) is 5.89. The Hall–Kier alpha value is 0.620. The van der Waals surface area contributed by atoms with E-state index >= 15 is 0 Å². The fourth-order valence-electron chi connectivity index (χ4n) is 1.21. The van der Waals surface area contributed by atoms with Crippen LogP contribution in [0.15, 0.2) is 0 Å². The molecule has 92 valence electrons. The molecular weight excluding hydrogens is 224 g/mol. The molecule has 0 aromatic carbocycles. The van der Waals surface area contributed by atoms with Crippen LogP contribution in [-0.4, -0.2) is 36.7 Å². The van der Waals surface area contributed by atoms with E-state index in [-0.39, 0.29) is 0 Å². The smallest absolute Gasteiger partial charge is 0.0000480 e. The Kier molecular flexibility index (Phi) is 11.6. The van der Waals surface area contributed by atoms with Crippen LogP contribution in [0.2, 0.25) is 0 Å². The highest BCUT2D eigenvalue weighted by Gasteiger charge is 1.95. The zero-order chi connectivity index (χ0) is 11.5. The van der Waals surface area contributed by atoms with Crippen LogP contribution in [0.25, 0.3) is 0 Å². The van der Waals surface area contributed by atoms with E-state index in [1.807, 2.05) is 0 Å². The van der Waals surface area contributed by atoms with Gasteiger partial charge in [-0.3, -0.25) is 0 Å². The summed E-state index contributed by atoms with van der Waals surface area (Å²) < 4.78 is 0. The van der Waals surface area contributed by atoms with Gasteiger partial charge in [0.1, 0.15) is 0 Å². The van der Waals surface area contributed by atoms with Crippen LogP contribution in [0.5, 0.6) is 0 Å². The molecular formula is C11H26N2S2. The van der Waals surface area contributed by atoms with Gasteiger partial charge >= 0.3 is 0 Å². The van der Waals surface area contributed by atoms with Crippen molar-refractivity contribution in [1.82, 2.24) is 10.6 Å². The predicted molar refractivity (Wildman–Crippen MR) is 76.5 cm³/mol. The number of thiol groups is 2. The molecule has 2 unspecified atom stereocenters. The third-order valence-corrected chi connectivity index (χ3v) is 2.70. The molecule has 4 heteroatoms. The van der Waals surface area contributed by atoms with Crippen LogP contribution in [0.4, 0.5) is 0 Å². The lowest BCUT2D eigenvalue weighted by Gasteiger charge is -2.08. The van der Waals surface area contributed by atoms with Crippen molar-refractivity contribution in [2.75, 3.05) is 26.2 Å². The standard InChI is InChI=1S/C11H26N2S2/c1-10(14)4-8-12-6-3-7-13-9-5-11(2)15/h10-15H,3-9H2,1-2H3. The van der Waals surface area contributed by atoms with E-state index in [0.29, 0.717) is 10.5 Å². The van der Waals surface area contributed by atoms with E-state index in [1.165, 1.54) is 6.42 Å². The Bertz CT molecular complexity index is 116. The van der Waals surface area contributed by atoms with E-state index in [9.17, 15) is 0 Å². The zero-order valence-electron chi connectivity index (χ0n) is 10.00. The van der Waals surface area contributed by atoms with Gasteiger partial charge < -0.3 is 10.6 Å². The van der Waals surface area contributed by atoms with Gasteiger partial charge in [0.05, 0.1) is 0 Å². The first-order chi connectivity index (χ1) is 7.13. The quantitative estimate of drug-likeness (QED) is 0.352.